The Bertz CT molecular complexity index is 349. The number of carbonyl (C=O) groups is 1. The van der Waals surface area contributed by atoms with Crippen LogP contribution in [0.5, 0.6) is 0 Å². The lowest BCUT2D eigenvalue weighted by Crippen LogP contribution is -2.19. The summed E-state index contributed by atoms with van der Waals surface area (Å²) < 4.78 is 9.85. The minimum atomic E-state index is -0.198. The zero-order valence-corrected chi connectivity index (χ0v) is 10.5. The standard InChI is InChI=1S/C11H19N3O3/c1-4-16-10(15)5-6-12-7-9-13-11(8(2)3)17-14-9/h8,12H,4-7H2,1-3H3. The first-order valence-electron chi connectivity index (χ1n) is 5.82. The normalized spacial score (nSPS) is 10.8. The molecule has 0 spiro atoms. The number of aromatic nitrogens is 2. The maximum Gasteiger partial charge on any atom is 0.307 e. The van der Waals surface area contributed by atoms with Crippen LogP contribution in [0.4, 0.5) is 0 Å². The van der Waals surface area contributed by atoms with Crippen molar-refractivity contribution in [1.82, 2.24) is 15.5 Å². The van der Waals surface area contributed by atoms with Crippen LogP contribution < -0.4 is 5.32 Å². The molecule has 1 aromatic heterocycles. The lowest BCUT2D eigenvalue weighted by Gasteiger charge is -2.01. The average molecular weight is 241 g/mol. The highest BCUT2D eigenvalue weighted by Gasteiger charge is 2.09. The summed E-state index contributed by atoms with van der Waals surface area (Å²) in [6.07, 6.45) is 0.350. The van der Waals surface area contributed by atoms with Crippen LogP contribution in [-0.2, 0) is 16.1 Å². The van der Waals surface area contributed by atoms with Gasteiger partial charge in [0.05, 0.1) is 19.6 Å². The van der Waals surface area contributed by atoms with Gasteiger partial charge in [0, 0.05) is 12.5 Å². The predicted molar refractivity (Wildman–Crippen MR) is 61.3 cm³/mol. The van der Waals surface area contributed by atoms with Crippen molar-refractivity contribution in [2.45, 2.75) is 39.7 Å². The van der Waals surface area contributed by atoms with Gasteiger partial charge in [-0.25, -0.2) is 0 Å². The molecule has 6 nitrogen and oxygen atoms in total. The van der Waals surface area contributed by atoms with E-state index < -0.39 is 0 Å². The first-order valence-corrected chi connectivity index (χ1v) is 5.82. The van der Waals surface area contributed by atoms with Gasteiger partial charge in [-0.1, -0.05) is 19.0 Å². The zero-order valence-electron chi connectivity index (χ0n) is 10.5. The molecule has 6 heteroatoms. The van der Waals surface area contributed by atoms with Crippen LogP contribution in [0, 0.1) is 0 Å². The van der Waals surface area contributed by atoms with E-state index in [0.717, 1.165) is 0 Å². The highest BCUT2D eigenvalue weighted by molar-refractivity contribution is 5.69. The summed E-state index contributed by atoms with van der Waals surface area (Å²) in [5, 5.41) is 6.88. The quantitative estimate of drug-likeness (QED) is 0.571. The van der Waals surface area contributed by atoms with Crippen LogP contribution in [0.3, 0.4) is 0 Å². The van der Waals surface area contributed by atoms with Crippen LogP contribution in [0.1, 0.15) is 44.8 Å². The molecule has 1 aromatic rings. The molecule has 0 unspecified atom stereocenters. The summed E-state index contributed by atoms with van der Waals surface area (Å²) in [7, 11) is 0. The van der Waals surface area contributed by atoms with E-state index in [1.807, 2.05) is 13.8 Å². The number of ether oxygens (including phenoxy) is 1. The number of nitrogens with zero attached hydrogens (tertiary/aromatic N) is 2. The number of nitrogens with one attached hydrogen (secondary N) is 1. The maximum atomic E-state index is 11.0. The van der Waals surface area contributed by atoms with Crippen molar-refractivity contribution in [3.63, 3.8) is 0 Å². The van der Waals surface area contributed by atoms with Crippen molar-refractivity contribution in [1.29, 1.82) is 0 Å². The van der Waals surface area contributed by atoms with Crippen LogP contribution in [-0.4, -0.2) is 29.3 Å². The monoisotopic (exact) mass is 241 g/mol. The van der Waals surface area contributed by atoms with E-state index in [4.69, 9.17) is 9.26 Å². The van der Waals surface area contributed by atoms with Crippen LogP contribution in [0.15, 0.2) is 4.52 Å². The molecule has 17 heavy (non-hydrogen) atoms. The maximum absolute atomic E-state index is 11.0. The van der Waals surface area contributed by atoms with Crippen molar-refractivity contribution in [3.8, 4) is 0 Å². The molecular weight excluding hydrogens is 222 g/mol. The second kappa shape index (κ2) is 7.01. The summed E-state index contributed by atoms with van der Waals surface area (Å²) in [6.45, 7) is 7.23. The molecule has 0 bridgehead atoms. The Morgan fingerprint density at radius 1 is 1.53 bits per heavy atom. The molecule has 0 fully saturated rings. The summed E-state index contributed by atoms with van der Waals surface area (Å²) >= 11 is 0. The van der Waals surface area contributed by atoms with Crippen LogP contribution in [0.2, 0.25) is 0 Å². The van der Waals surface area contributed by atoms with Crippen molar-refractivity contribution in [3.05, 3.63) is 11.7 Å². The molecule has 1 heterocycles. The van der Waals surface area contributed by atoms with Gasteiger partial charge in [-0.2, -0.15) is 4.98 Å². The summed E-state index contributed by atoms with van der Waals surface area (Å²) in [5.74, 6) is 1.27. The summed E-state index contributed by atoms with van der Waals surface area (Å²) in [5.41, 5.74) is 0. The fraction of sp³-hybridized carbons (Fsp3) is 0.727. The van der Waals surface area contributed by atoms with Crippen LogP contribution >= 0.6 is 0 Å². The molecule has 1 rings (SSSR count). The van der Waals surface area contributed by atoms with E-state index >= 15 is 0 Å². The zero-order chi connectivity index (χ0) is 12.7. The van der Waals surface area contributed by atoms with E-state index in [1.54, 1.807) is 6.92 Å². The fourth-order valence-electron chi connectivity index (χ4n) is 1.20. The molecule has 0 atom stereocenters. The average Bonchev–Trinajstić information content (AvgIpc) is 2.73. The number of esters is 1. The largest absolute Gasteiger partial charge is 0.466 e. The smallest absolute Gasteiger partial charge is 0.307 e. The number of carbonyl (C=O) groups excluding carboxylic acids is 1. The van der Waals surface area contributed by atoms with Crippen molar-refractivity contribution in [2.24, 2.45) is 0 Å². The van der Waals surface area contributed by atoms with E-state index in [0.29, 0.717) is 37.8 Å². The second-order valence-electron chi connectivity index (χ2n) is 3.94. The Morgan fingerprint density at radius 2 is 2.29 bits per heavy atom. The SMILES string of the molecule is CCOC(=O)CCNCc1noc(C(C)C)n1. The molecule has 0 saturated carbocycles. The van der Waals surface area contributed by atoms with Crippen molar-refractivity contribution < 1.29 is 14.1 Å². The molecular formula is C11H19N3O3. The van der Waals surface area contributed by atoms with Crippen LogP contribution in [0.25, 0.3) is 0 Å². The van der Waals surface area contributed by atoms with E-state index in [9.17, 15) is 4.79 Å². The molecule has 0 saturated heterocycles. The van der Waals surface area contributed by atoms with Gasteiger partial charge in [0.15, 0.2) is 5.82 Å². The lowest BCUT2D eigenvalue weighted by atomic mass is 10.2. The highest BCUT2D eigenvalue weighted by Crippen LogP contribution is 2.10. The number of hydrogen-bond acceptors (Lipinski definition) is 6. The van der Waals surface area contributed by atoms with E-state index in [2.05, 4.69) is 15.5 Å². The third-order valence-corrected chi connectivity index (χ3v) is 2.07. The van der Waals surface area contributed by atoms with Crippen molar-refractivity contribution >= 4 is 5.97 Å². The van der Waals surface area contributed by atoms with Gasteiger partial charge in [-0.15, -0.1) is 0 Å². The molecule has 0 amide bonds. The summed E-state index contributed by atoms with van der Waals surface area (Å²) in [6, 6.07) is 0. The Kier molecular flexibility index (Phi) is 5.62. The molecule has 0 aliphatic rings. The predicted octanol–water partition coefficient (Wildman–Crippen LogP) is 1.24. The van der Waals surface area contributed by atoms with Gasteiger partial charge in [-0.05, 0) is 6.92 Å². The Hall–Kier alpha value is -1.43. The van der Waals surface area contributed by atoms with Gasteiger partial charge in [0.1, 0.15) is 0 Å². The topological polar surface area (TPSA) is 77.2 Å². The van der Waals surface area contributed by atoms with Gasteiger partial charge < -0.3 is 14.6 Å². The fourth-order valence-corrected chi connectivity index (χ4v) is 1.20. The highest BCUT2D eigenvalue weighted by atomic mass is 16.5. The van der Waals surface area contributed by atoms with E-state index in [1.165, 1.54) is 0 Å². The summed E-state index contributed by atoms with van der Waals surface area (Å²) in [4.78, 5) is 15.2. The Balaban J connectivity index is 2.19. The third-order valence-electron chi connectivity index (χ3n) is 2.07. The Morgan fingerprint density at radius 3 is 2.88 bits per heavy atom. The molecule has 0 aliphatic heterocycles. The lowest BCUT2D eigenvalue weighted by molar-refractivity contribution is -0.142. The Labute approximate surface area is 101 Å². The molecule has 0 aromatic carbocycles. The number of hydrogen-bond donors (Lipinski definition) is 1. The van der Waals surface area contributed by atoms with E-state index in [-0.39, 0.29) is 11.9 Å². The minimum absolute atomic E-state index is 0.198. The number of rotatable bonds is 7. The van der Waals surface area contributed by atoms with Gasteiger partial charge in [0.25, 0.3) is 0 Å². The molecule has 96 valence electrons. The third kappa shape index (κ3) is 4.95. The second-order valence-corrected chi connectivity index (χ2v) is 3.94. The molecule has 1 N–H and O–H groups in total. The molecule has 0 radical (unpaired) electrons. The van der Waals surface area contributed by atoms with Gasteiger partial charge in [0.2, 0.25) is 5.89 Å². The molecule has 0 aliphatic carbocycles. The first-order chi connectivity index (χ1) is 8.13. The van der Waals surface area contributed by atoms with Gasteiger partial charge >= 0.3 is 5.97 Å². The minimum Gasteiger partial charge on any atom is -0.466 e. The first kappa shape index (κ1) is 13.6. The van der Waals surface area contributed by atoms with Crippen molar-refractivity contribution in [2.75, 3.05) is 13.2 Å². The van der Waals surface area contributed by atoms with Gasteiger partial charge in [-0.3, -0.25) is 4.79 Å².